The van der Waals surface area contributed by atoms with Crippen molar-refractivity contribution in [2.24, 2.45) is 11.8 Å². The van der Waals surface area contributed by atoms with Crippen LogP contribution in [-0.2, 0) is 35.1 Å². The summed E-state index contributed by atoms with van der Waals surface area (Å²) in [7, 11) is 2.97. The number of rotatable bonds is 6. The van der Waals surface area contributed by atoms with E-state index in [1.807, 2.05) is 30.3 Å². The molecule has 7 atom stereocenters. The average Bonchev–Trinajstić information content (AvgIpc) is 3.40. The Morgan fingerprint density at radius 2 is 1.68 bits per heavy atom. The summed E-state index contributed by atoms with van der Waals surface area (Å²) in [6.45, 7) is 0.364. The molecule has 0 spiro atoms. The molecule has 8 nitrogen and oxygen atoms in total. The number of hydrogen-bond donors (Lipinski definition) is 2. The van der Waals surface area contributed by atoms with E-state index in [2.05, 4.69) is 10.6 Å². The molecule has 3 aliphatic rings. The van der Waals surface area contributed by atoms with E-state index in [9.17, 15) is 9.59 Å². The van der Waals surface area contributed by atoms with Crippen molar-refractivity contribution in [1.29, 1.82) is 0 Å². The predicted octanol–water partition coefficient (Wildman–Crippen LogP) is 0.385. The van der Waals surface area contributed by atoms with Crippen LogP contribution in [0, 0.1) is 11.8 Å². The van der Waals surface area contributed by atoms with Crippen LogP contribution in [0.25, 0.3) is 0 Å². The highest BCUT2D eigenvalue weighted by atomic mass is 35.5. The number of carbonyl (C=O) groups excluding carboxylic acids is 2. The largest absolute Gasteiger partial charge is 0.368 e. The maximum atomic E-state index is 13.0. The Bertz CT molecular complexity index is 743. The molecular formula is C19H23ClN2O6. The summed E-state index contributed by atoms with van der Waals surface area (Å²) in [4.78, 5) is 25.6. The zero-order valence-corrected chi connectivity index (χ0v) is 16.3. The molecule has 0 aliphatic carbocycles. The number of hydrogen-bond acceptors (Lipinski definition) is 6. The fourth-order valence-corrected chi connectivity index (χ4v) is 4.55. The lowest BCUT2D eigenvalue weighted by Crippen LogP contribution is -2.54. The molecular weight excluding hydrogens is 388 g/mol. The summed E-state index contributed by atoms with van der Waals surface area (Å²) in [5.41, 5.74) is 0.968. The maximum Gasteiger partial charge on any atom is 0.297 e. The smallest absolute Gasteiger partial charge is 0.297 e. The lowest BCUT2D eigenvalue weighted by Gasteiger charge is -2.30. The monoisotopic (exact) mass is 410 g/mol. The highest BCUT2D eigenvalue weighted by Crippen LogP contribution is 2.51. The number of methoxy groups -OCH3 is 1. The van der Waals surface area contributed by atoms with Gasteiger partial charge in [-0.3, -0.25) is 9.59 Å². The third-order valence-corrected chi connectivity index (χ3v) is 5.98. The Kier molecular flexibility index (Phi) is 5.32. The van der Waals surface area contributed by atoms with Gasteiger partial charge in [0.25, 0.3) is 5.97 Å². The Morgan fingerprint density at radius 1 is 1.07 bits per heavy atom. The molecule has 2 amide bonds. The van der Waals surface area contributed by atoms with Crippen molar-refractivity contribution in [3.8, 4) is 0 Å². The van der Waals surface area contributed by atoms with Crippen LogP contribution in [0.5, 0.6) is 0 Å². The van der Waals surface area contributed by atoms with Gasteiger partial charge in [-0.25, -0.2) is 0 Å². The number of amides is 2. The molecule has 1 aromatic carbocycles. The molecule has 5 unspecified atom stereocenters. The summed E-state index contributed by atoms with van der Waals surface area (Å²) in [5, 5.41) is 5.54. The SMILES string of the molecule is CNC(=O)C1C(C(=O)NCc2ccccc2)C2O[C@@H]1[C@H]1OC(CCl)(OC)OC21. The van der Waals surface area contributed by atoms with E-state index < -0.39 is 42.2 Å². The number of fused-ring (bicyclic) bond motifs is 5. The van der Waals surface area contributed by atoms with Gasteiger partial charge in [-0.2, -0.15) is 0 Å². The Labute approximate surface area is 167 Å². The van der Waals surface area contributed by atoms with E-state index in [4.69, 9.17) is 30.5 Å². The van der Waals surface area contributed by atoms with E-state index in [-0.39, 0.29) is 17.7 Å². The molecule has 3 heterocycles. The number of alkyl halides is 1. The van der Waals surface area contributed by atoms with Crippen LogP contribution in [-0.4, -0.2) is 62.2 Å². The second-order valence-electron chi connectivity index (χ2n) is 7.12. The first-order valence-corrected chi connectivity index (χ1v) is 9.72. The molecule has 9 heteroatoms. The van der Waals surface area contributed by atoms with E-state index in [1.165, 1.54) is 14.2 Å². The Hall–Kier alpha value is -1.71. The van der Waals surface area contributed by atoms with Gasteiger partial charge in [0.1, 0.15) is 18.1 Å². The van der Waals surface area contributed by atoms with Gasteiger partial charge >= 0.3 is 0 Å². The minimum absolute atomic E-state index is 0.0363. The molecule has 3 fully saturated rings. The molecule has 2 bridgehead atoms. The second kappa shape index (κ2) is 7.61. The van der Waals surface area contributed by atoms with Crippen LogP contribution in [0.3, 0.4) is 0 Å². The van der Waals surface area contributed by atoms with Crippen LogP contribution in [0.2, 0.25) is 0 Å². The van der Waals surface area contributed by atoms with Crippen molar-refractivity contribution < 1.29 is 28.5 Å². The normalized spacial score (nSPS) is 38.2. The molecule has 4 rings (SSSR count). The van der Waals surface area contributed by atoms with E-state index >= 15 is 0 Å². The average molecular weight is 411 g/mol. The summed E-state index contributed by atoms with van der Waals surface area (Å²) < 4.78 is 23.0. The van der Waals surface area contributed by atoms with Crippen LogP contribution >= 0.6 is 11.6 Å². The number of nitrogens with one attached hydrogen (secondary N) is 2. The molecule has 28 heavy (non-hydrogen) atoms. The van der Waals surface area contributed by atoms with Crippen molar-refractivity contribution in [3.05, 3.63) is 35.9 Å². The molecule has 1 aromatic rings. The van der Waals surface area contributed by atoms with Crippen LogP contribution in [0.1, 0.15) is 5.56 Å². The minimum Gasteiger partial charge on any atom is -0.368 e. The fourth-order valence-electron chi connectivity index (χ4n) is 4.32. The third-order valence-electron chi connectivity index (χ3n) is 5.65. The Morgan fingerprint density at radius 3 is 2.21 bits per heavy atom. The Balaban J connectivity index is 1.54. The van der Waals surface area contributed by atoms with Crippen molar-refractivity contribution >= 4 is 23.4 Å². The number of halogens is 1. The molecule has 2 N–H and O–H groups in total. The molecule has 152 valence electrons. The van der Waals surface area contributed by atoms with Gasteiger partial charge in [0.15, 0.2) is 0 Å². The van der Waals surface area contributed by atoms with Gasteiger partial charge in [0, 0.05) is 20.7 Å². The molecule has 0 radical (unpaired) electrons. The number of ether oxygens (including phenoxy) is 4. The molecule has 0 saturated carbocycles. The standard InChI is InChI=1S/C19H23ClN2O6/c1-21-17(23)11-12(18(24)22-8-10-6-4-3-5-7-10)14-16-15(13(11)26-14)27-19(9-20,25-2)28-16/h3-7,11-16H,8-9H2,1-2H3,(H,21,23)(H,22,24)/t11?,12?,13-,14?,15+,16?,19?/m0/s1. The van der Waals surface area contributed by atoms with Crippen LogP contribution < -0.4 is 10.6 Å². The topological polar surface area (TPSA) is 95.1 Å². The van der Waals surface area contributed by atoms with Crippen molar-refractivity contribution in [1.82, 2.24) is 10.6 Å². The highest BCUT2D eigenvalue weighted by molar-refractivity contribution is 6.18. The van der Waals surface area contributed by atoms with Crippen molar-refractivity contribution in [2.75, 3.05) is 20.0 Å². The summed E-state index contributed by atoms with van der Waals surface area (Å²) >= 11 is 5.96. The van der Waals surface area contributed by atoms with Crippen molar-refractivity contribution in [3.63, 3.8) is 0 Å². The van der Waals surface area contributed by atoms with Gasteiger partial charge in [-0.05, 0) is 5.56 Å². The molecule has 3 aliphatic heterocycles. The van der Waals surface area contributed by atoms with E-state index in [0.717, 1.165) is 5.56 Å². The third kappa shape index (κ3) is 3.09. The first kappa shape index (κ1) is 19.6. The summed E-state index contributed by atoms with van der Waals surface area (Å²) in [6, 6.07) is 9.56. The lowest BCUT2D eigenvalue weighted by molar-refractivity contribution is -0.327. The zero-order valence-electron chi connectivity index (χ0n) is 15.6. The van der Waals surface area contributed by atoms with Gasteiger partial charge < -0.3 is 29.6 Å². The van der Waals surface area contributed by atoms with Gasteiger partial charge in [-0.15, -0.1) is 11.6 Å². The van der Waals surface area contributed by atoms with E-state index in [1.54, 1.807) is 0 Å². The van der Waals surface area contributed by atoms with Gasteiger partial charge in [0.05, 0.1) is 24.0 Å². The number of benzene rings is 1. The van der Waals surface area contributed by atoms with Crippen molar-refractivity contribution in [2.45, 2.75) is 36.9 Å². The van der Waals surface area contributed by atoms with Crippen LogP contribution in [0.4, 0.5) is 0 Å². The van der Waals surface area contributed by atoms with Crippen LogP contribution in [0.15, 0.2) is 30.3 Å². The summed E-state index contributed by atoms with van der Waals surface area (Å²) in [6.07, 6.45) is -2.28. The quantitative estimate of drug-likeness (QED) is 0.659. The fraction of sp³-hybridized carbons (Fsp3) is 0.579. The first-order chi connectivity index (χ1) is 13.5. The highest BCUT2D eigenvalue weighted by Gasteiger charge is 2.70. The number of carbonyl (C=O) groups is 2. The molecule has 0 aromatic heterocycles. The van der Waals surface area contributed by atoms with Gasteiger partial charge in [-0.1, -0.05) is 30.3 Å². The minimum atomic E-state index is -1.39. The first-order valence-electron chi connectivity index (χ1n) is 9.19. The maximum absolute atomic E-state index is 13.0. The zero-order chi connectivity index (χ0) is 19.9. The van der Waals surface area contributed by atoms with E-state index in [0.29, 0.717) is 6.54 Å². The second-order valence-corrected chi connectivity index (χ2v) is 7.39. The lowest BCUT2D eigenvalue weighted by atomic mass is 9.75. The van der Waals surface area contributed by atoms with Gasteiger partial charge in [0.2, 0.25) is 11.8 Å². The molecule has 3 saturated heterocycles. The summed E-state index contributed by atoms with van der Waals surface area (Å²) in [5.74, 6) is -3.33. The predicted molar refractivity (Wildman–Crippen MR) is 98.2 cm³/mol.